The van der Waals surface area contributed by atoms with Gasteiger partial charge in [-0.1, -0.05) is 48.5 Å². The molecule has 0 amide bonds. The van der Waals surface area contributed by atoms with E-state index < -0.39 is 0 Å². The molecule has 1 saturated heterocycles. The van der Waals surface area contributed by atoms with Crippen molar-refractivity contribution < 1.29 is 9.31 Å². The molecule has 5 rings (SSSR count). The number of nitrogens with zero attached hydrogens (tertiary/aromatic N) is 1. The third-order valence-corrected chi connectivity index (χ3v) is 6.25. The summed E-state index contributed by atoms with van der Waals surface area (Å²) in [6.45, 7) is 8.39. The predicted molar refractivity (Wildman–Crippen MR) is 116 cm³/mol. The standard InChI is InChI=1S/C24H24BNO2/c1-23(2)24(3,4)28-25(27-23)19-14-10-16-21-22(19)18-13-8-9-15-20(18)26(21)17-11-6-5-7-12-17/h5-16H,1-4H3. The molecular formula is C24H24BNO2. The van der Waals surface area contributed by atoms with E-state index in [-0.39, 0.29) is 18.3 Å². The Bertz CT molecular complexity index is 1160. The van der Waals surface area contributed by atoms with Crippen molar-refractivity contribution in [2.75, 3.05) is 0 Å². The van der Waals surface area contributed by atoms with Crippen LogP contribution in [0.4, 0.5) is 0 Å². The highest BCUT2D eigenvalue weighted by molar-refractivity contribution is 6.66. The molecule has 0 spiro atoms. The number of para-hydroxylation sites is 2. The van der Waals surface area contributed by atoms with Gasteiger partial charge < -0.3 is 13.9 Å². The Balaban J connectivity index is 1.81. The molecule has 140 valence electrons. The van der Waals surface area contributed by atoms with Crippen LogP contribution in [-0.2, 0) is 9.31 Å². The van der Waals surface area contributed by atoms with Gasteiger partial charge in [-0.2, -0.15) is 0 Å². The zero-order valence-corrected chi connectivity index (χ0v) is 16.8. The summed E-state index contributed by atoms with van der Waals surface area (Å²) in [5.74, 6) is 0. The lowest BCUT2D eigenvalue weighted by Gasteiger charge is -2.32. The van der Waals surface area contributed by atoms with Crippen molar-refractivity contribution in [3.8, 4) is 5.69 Å². The number of rotatable bonds is 2. The molecule has 28 heavy (non-hydrogen) atoms. The Kier molecular flexibility index (Phi) is 3.74. The van der Waals surface area contributed by atoms with Crippen LogP contribution in [0.2, 0.25) is 0 Å². The number of aromatic nitrogens is 1. The first-order chi connectivity index (χ1) is 13.4. The van der Waals surface area contributed by atoms with Gasteiger partial charge in [-0.15, -0.1) is 0 Å². The predicted octanol–water partition coefficient (Wildman–Crippen LogP) is 5.08. The van der Waals surface area contributed by atoms with Gasteiger partial charge in [0, 0.05) is 16.5 Å². The SMILES string of the molecule is CC1(C)OB(c2cccc3c2c2ccccc2n3-c2ccccc2)OC1(C)C. The van der Waals surface area contributed by atoms with Crippen molar-refractivity contribution in [1.29, 1.82) is 0 Å². The molecule has 0 radical (unpaired) electrons. The summed E-state index contributed by atoms with van der Waals surface area (Å²) in [5, 5.41) is 2.41. The Morgan fingerprint density at radius 1 is 0.679 bits per heavy atom. The average molecular weight is 369 g/mol. The van der Waals surface area contributed by atoms with Crippen LogP contribution in [0.1, 0.15) is 27.7 Å². The fraction of sp³-hybridized carbons (Fsp3) is 0.250. The highest BCUT2D eigenvalue weighted by Crippen LogP contribution is 2.38. The molecule has 2 heterocycles. The van der Waals surface area contributed by atoms with Crippen molar-refractivity contribution >= 4 is 34.4 Å². The van der Waals surface area contributed by atoms with Crippen LogP contribution >= 0.6 is 0 Å². The third-order valence-electron chi connectivity index (χ3n) is 6.25. The highest BCUT2D eigenvalue weighted by Gasteiger charge is 2.52. The van der Waals surface area contributed by atoms with Gasteiger partial charge >= 0.3 is 7.12 Å². The molecule has 4 heteroatoms. The van der Waals surface area contributed by atoms with Gasteiger partial charge in [-0.25, -0.2) is 0 Å². The Labute approximate surface area is 166 Å². The lowest BCUT2D eigenvalue weighted by molar-refractivity contribution is 0.00578. The number of fused-ring (bicyclic) bond motifs is 3. The van der Waals surface area contributed by atoms with Crippen molar-refractivity contribution in [1.82, 2.24) is 4.57 Å². The summed E-state index contributed by atoms with van der Waals surface area (Å²) >= 11 is 0. The fourth-order valence-electron chi connectivity index (χ4n) is 4.07. The van der Waals surface area contributed by atoms with Crippen LogP contribution in [0, 0.1) is 0 Å². The van der Waals surface area contributed by atoms with E-state index in [9.17, 15) is 0 Å². The van der Waals surface area contributed by atoms with E-state index in [1.807, 2.05) is 6.07 Å². The van der Waals surface area contributed by atoms with E-state index in [4.69, 9.17) is 9.31 Å². The normalized spacial score (nSPS) is 18.2. The van der Waals surface area contributed by atoms with Gasteiger partial charge in [0.05, 0.1) is 22.2 Å². The minimum Gasteiger partial charge on any atom is -0.399 e. The molecule has 3 nitrogen and oxygen atoms in total. The molecule has 0 unspecified atom stereocenters. The summed E-state index contributed by atoms with van der Waals surface area (Å²) in [4.78, 5) is 0. The molecule has 4 aromatic rings. The van der Waals surface area contributed by atoms with Crippen LogP contribution in [-0.4, -0.2) is 22.9 Å². The summed E-state index contributed by atoms with van der Waals surface area (Å²) < 4.78 is 15.1. The monoisotopic (exact) mass is 369 g/mol. The van der Waals surface area contributed by atoms with E-state index >= 15 is 0 Å². The zero-order valence-electron chi connectivity index (χ0n) is 16.8. The molecule has 1 aliphatic rings. The molecule has 1 aliphatic heterocycles. The molecule has 3 aromatic carbocycles. The Morgan fingerprint density at radius 2 is 1.29 bits per heavy atom. The quantitative estimate of drug-likeness (QED) is 0.460. The lowest BCUT2D eigenvalue weighted by atomic mass is 9.76. The summed E-state index contributed by atoms with van der Waals surface area (Å²) in [6, 6.07) is 25.5. The van der Waals surface area contributed by atoms with Gasteiger partial charge in [-0.05, 0) is 57.4 Å². The fourth-order valence-corrected chi connectivity index (χ4v) is 4.07. The maximum absolute atomic E-state index is 6.39. The summed E-state index contributed by atoms with van der Waals surface area (Å²) in [5.41, 5.74) is 3.86. The van der Waals surface area contributed by atoms with Crippen molar-refractivity contribution in [2.45, 2.75) is 38.9 Å². The molecule has 1 fully saturated rings. The summed E-state index contributed by atoms with van der Waals surface area (Å²) in [7, 11) is -0.385. The second-order valence-corrected chi connectivity index (χ2v) is 8.52. The minimum absolute atomic E-state index is 0.363. The lowest BCUT2D eigenvalue weighted by Crippen LogP contribution is -2.41. The first-order valence-corrected chi connectivity index (χ1v) is 9.82. The van der Waals surface area contributed by atoms with E-state index in [0.29, 0.717) is 0 Å². The maximum atomic E-state index is 6.39. The van der Waals surface area contributed by atoms with Crippen molar-refractivity contribution in [3.05, 3.63) is 72.8 Å². The Hall–Kier alpha value is -2.56. The third kappa shape index (κ3) is 2.45. The Morgan fingerprint density at radius 3 is 2.00 bits per heavy atom. The molecule has 0 atom stereocenters. The smallest absolute Gasteiger partial charge is 0.399 e. The van der Waals surface area contributed by atoms with Gasteiger partial charge in [-0.3, -0.25) is 0 Å². The number of hydrogen-bond acceptors (Lipinski definition) is 2. The largest absolute Gasteiger partial charge is 0.495 e. The second-order valence-electron chi connectivity index (χ2n) is 8.52. The van der Waals surface area contributed by atoms with Crippen molar-refractivity contribution in [3.63, 3.8) is 0 Å². The van der Waals surface area contributed by atoms with Gasteiger partial charge in [0.15, 0.2) is 0 Å². The number of benzene rings is 3. The summed E-state index contributed by atoms with van der Waals surface area (Å²) in [6.07, 6.45) is 0. The van der Waals surface area contributed by atoms with Crippen LogP contribution in [0.15, 0.2) is 72.8 Å². The molecular weight excluding hydrogens is 345 g/mol. The van der Waals surface area contributed by atoms with E-state index in [2.05, 4.69) is 99.0 Å². The number of hydrogen-bond donors (Lipinski definition) is 0. The van der Waals surface area contributed by atoms with Crippen LogP contribution in [0.3, 0.4) is 0 Å². The average Bonchev–Trinajstić information content (AvgIpc) is 3.13. The maximum Gasteiger partial charge on any atom is 0.495 e. The van der Waals surface area contributed by atoms with Crippen LogP contribution < -0.4 is 5.46 Å². The molecule has 0 N–H and O–H groups in total. The molecule has 0 saturated carbocycles. The molecule has 0 bridgehead atoms. The van der Waals surface area contributed by atoms with E-state index in [1.54, 1.807) is 0 Å². The molecule has 1 aromatic heterocycles. The second kappa shape index (κ2) is 5.97. The van der Waals surface area contributed by atoms with Gasteiger partial charge in [0.1, 0.15) is 0 Å². The van der Waals surface area contributed by atoms with Crippen molar-refractivity contribution in [2.24, 2.45) is 0 Å². The zero-order chi connectivity index (χ0) is 19.5. The van der Waals surface area contributed by atoms with E-state index in [1.165, 1.54) is 21.8 Å². The highest BCUT2D eigenvalue weighted by atomic mass is 16.7. The van der Waals surface area contributed by atoms with Gasteiger partial charge in [0.25, 0.3) is 0 Å². The van der Waals surface area contributed by atoms with Crippen LogP contribution in [0.25, 0.3) is 27.5 Å². The van der Waals surface area contributed by atoms with Crippen LogP contribution in [0.5, 0.6) is 0 Å². The first kappa shape index (κ1) is 17.5. The van der Waals surface area contributed by atoms with E-state index in [0.717, 1.165) is 11.2 Å². The topological polar surface area (TPSA) is 23.4 Å². The first-order valence-electron chi connectivity index (χ1n) is 9.82. The minimum atomic E-state index is -0.385. The molecule has 0 aliphatic carbocycles. The van der Waals surface area contributed by atoms with Gasteiger partial charge in [0.2, 0.25) is 0 Å².